The van der Waals surface area contributed by atoms with Gasteiger partial charge in [0.2, 0.25) is 17.7 Å². The standard InChI is InChI=1S/C23H36N6O5S/c1-11-18-17(12(2)27-16(30)9-25-3)22(32)29(18)19(23(33)34)20(11)35-14-6-15(26-8-14)21(31)28-5-4-13(7-24)10-28/h11-15,17-18,25-26H,4-10,24H2,1-3H3,(H,27,30)(H,33,34)/t11-,12-,13-,14+,15+,17-,18-/m1/s1. The number of nitrogens with one attached hydrogen (secondary N) is 3. The van der Waals surface area contributed by atoms with Crippen LogP contribution in [0, 0.1) is 17.8 Å². The van der Waals surface area contributed by atoms with Crippen molar-refractivity contribution in [3.8, 4) is 0 Å². The van der Waals surface area contributed by atoms with E-state index in [9.17, 15) is 24.3 Å². The highest BCUT2D eigenvalue weighted by Gasteiger charge is 2.60. The molecule has 0 aromatic rings. The van der Waals surface area contributed by atoms with Crippen LogP contribution >= 0.6 is 11.8 Å². The van der Waals surface area contributed by atoms with Crippen molar-refractivity contribution >= 4 is 35.5 Å². The quantitative estimate of drug-likeness (QED) is 0.240. The van der Waals surface area contributed by atoms with Gasteiger partial charge >= 0.3 is 5.97 Å². The van der Waals surface area contributed by atoms with Crippen molar-refractivity contribution < 1.29 is 24.3 Å². The average molecular weight is 509 g/mol. The van der Waals surface area contributed by atoms with E-state index in [1.54, 1.807) is 14.0 Å². The van der Waals surface area contributed by atoms with E-state index < -0.39 is 17.9 Å². The van der Waals surface area contributed by atoms with Gasteiger partial charge in [-0.2, -0.15) is 0 Å². The average Bonchev–Trinajstić information content (AvgIpc) is 3.52. The van der Waals surface area contributed by atoms with E-state index in [2.05, 4.69) is 16.0 Å². The molecular weight excluding hydrogens is 472 g/mol. The summed E-state index contributed by atoms with van der Waals surface area (Å²) in [6.07, 6.45) is 1.54. The lowest BCUT2D eigenvalue weighted by molar-refractivity contribution is -0.158. The third kappa shape index (κ3) is 4.81. The number of likely N-dealkylation sites (tertiary alicyclic amines) is 1. The number of likely N-dealkylation sites (N-methyl/N-ethyl adjacent to an activating group) is 1. The molecule has 4 rings (SSSR count). The van der Waals surface area contributed by atoms with Crippen LogP contribution in [0.1, 0.15) is 26.7 Å². The number of hydrogen-bond acceptors (Lipinski definition) is 8. The third-order valence-corrected chi connectivity index (χ3v) is 9.18. The minimum Gasteiger partial charge on any atom is -0.477 e. The summed E-state index contributed by atoms with van der Waals surface area (Å²) in [7, 11) is 1.67. The van der Waals surface area contributed by atoms with Gasteiger partial charge in [0.25, 0.3) is 0 Å². The van der Waals surface area contributed by atoms with E-state index in [0.717, 1.165) is 13.0 Å². The second-order valence-electron chi connectivity index (χ2n) is 10.0. The van der Waals surface area contributed by atoms with Crippen molar-refractivity contribution in [2.45, 2.75) is 50.1 Å². The molecular formula is C23H36N6O5S. The van der Waals surface area contributed by atoms with Crippen LogP contribution in [0.15, 0.2) is 10.6 Å². The fourth-order valence-electron chi connectivity index (χ4n) is 5.86. The lowest BCUT2D eigenvalue weighted by Gasteiger charge is -2.47. The van der Waals surface area contributed by atoms with Crippen molar-refractivity contribution in [3.05, 3.63) is 10.6 Å². The first-order valence-electron chi connectivity index (χ1n) is 12.3. The maximum Gasteiger partial charge on any atom is 0.353 e. The second kappa shape index (κ2) is 10.5. The maximum atomic E-state index is 13.0. The van der Waals surface area contributed by atoms with E-state index in [0.29, 0.717) is 36.9 Å². The molecule has 194 valence electrons. The number of fused-ring (bicyclic) bond motifs is 1. The summed E-state index contributed by atoms with van der Waals surface area (Å²) in [5.74, 6) is -1.80. The molecule has 4 aliphatic heterocycles. The fourth-order valence-corrected chi connectivity index (χ4v) is 7.34. The highest BCUT2D eigenvalue weighted by atomic mass is 32.2. The van der Waals surface area contributed by atoms with Crippen LogP contribution in [0.2, 0.25) is 0 Å². The Balaban J connectivity index is 1.42. The zero-order chi connectivity index (χ0) is 25.4. The summed E-state index contributed by atoms with van der Waals surface area (Å²) in [5, 5.41) is 18.9. The Hall–Kier alpha value is -2.15. The number of aliphatic carboxylic acids is 1. The smallest absolute Gasteiger partial charge is 0.353 e. The Bertz CT molecular complexity index is 928. The van der Waals surface area contributed by atoms with Crippen LogP contribution in [0.3, 0.4) is 0 Å². The summed E-state index contributed by atoms with van der Waals surface area (Å²) in [6.45, 7) is 6.48. The van der Waals surface area contributed by atoms with Gasteiger partial charge in [0, 0.05) is 41.7 Å². The molecule has 0 bridgehead atoms. The van der Waals surface area contributed by atoms with E-state index >= 15 is 0 Å². The molecule has 3 amide bonds. The first-order chi connectivity index (χ1) is 16.7. The third-order valence-electron chi connectivity index (χ3n) is 7.67. The van der Waals surface area contributed by atoms with Crippen LogP contribution in [0.25, 0.3) is 0 Å². The SMILES string of the molecule is CNCC(=O)N[C@H](C)[C@H]1C(=O)N2C(C(=O)O)=C(S[C@@H]3CN[C@H](C(=O)N4CC[C@H](CN)C4)C3)[C@H](C)[C@H]12. The summed E-state index contributed by atoms with van der Waals surface area (Å²) < 4.78 is 0. The largest absolute Gasteiger partial charge is 0.477 e. The first kappa shape index (κ1) is 25.9. The molecule has 35 heavy (non-hydrogen) atoms. The molecule has 3 fully saturated rings. The number of carboxylic acid groups (broad SMARTS) is 1. The molecule has 4 heterocycles. The number of hydrogen-bond donors (Lipinski definition) is 5. The summed E-state index contributed by atoms with van der Waals surface area (Å²) in [4.78, 5) is 54.1. The summed E-state index contributed by atoms with van der Waals surface area (Å²) in [5.41, 5.74) is 5.80. The molecule has 0 aromatic heterocycles. The van der Waals surface area contributed by atoms with Crippen LogP contribution in [-0.4, -0.2) is 102 Å². The number of amides is 3. The molecule has 4 aliphatic rings. The Morgan fingerprint density at radius 1 is 1.34 bits per heavy atom. The van der Waals surface area contributed by atoms with Gasteiger partial charge < -0.3 is 36.6 Å². The first-order valence-corrected chi connectivity index (χ1v) is 13.2. The Morgan fingerprint density at radius 3 is 2.71 bits per heavy atom. The van der Waals surface area contributed by atoms with Crippen LogP contribution in [-0.2, 0) is 19.2 Å². The Labute approximate surface area is 209 Å². The number of nitrogens with zero attached hydrogens (tertiary/aromatic N) is 2. The van der Waals surface area contributed by atoms with Crippen LogP contribution in [0.4, 0.5) is 0 Å². The van der Waals surface area contributed by atoms with Gasteiger partial charge in [-0.05, 0) is 39.3 Å². The predicted molar refractivity (Wildman–Crippen MR) is 131 cm³/mol. The highest BCUT2D eigenvalue weighted by Crippen LogP contribution is 2.51. The number of carbonyl (C=O) groups excluding carboxylic acids is 3. The van der Waals surface area contributed by atoms with E-state index in [1.165, 1.54) is 16.7 Å². The van der Waals surface area contributed by atoms with Gasteiger partial charge in [0.1, 0.15) is 5.70 Å². The van der Waals surface area contributed by atoms with E-state index in [1.807, 2.05) is 11.8 Å². The number of carbonyl (C=O) groups is 4. The number of carboxylic acids is 1. The van der Waals surface area contributed by atoms with E-state index in [4.69, 9.17) is 5.73 Å². The number of nitrogens with two attached hydrogens (primary N) is 1. The van der Waals surface area contributed by atoms with Crippen molar-refractivity contribution in [1.82, 2.24) is 25.8 Å². The summed E-state index contributed by atoms with van der Waals surface area (Å²) in [6, 6.07) is -0.992. The van der Waals surface area contributed by atoms with Gasteiger partial charge in [-0.15, -0.1) is 11.8 Å². The molecule has 11 nitrogen and oxygen atoms in total. The van der Waals surface area contributed by atoms with Crippen molar-refractivity contribution in [1.29, 1.82) is 0 Å². The number of thioether (sulfide) groups is 1. The lowest BCUT2D eigenvalue weighted by atomic mass is 9.78. The molecule has 6 N–H and O–H groups in total. The number of rotatable bonds is 9. The Kier molecular flexibility index (Phi) is 7.74. The van der Waals surface area contributed by atoms with Crippen LogP contribution < -0.4 is 21.7 Å². The molecule has 7 atom stereocenters. The van der Waals surface area contributed by atoms with Crippen molar-refractivity contribution in [3.63, 3.8) is 0 Å². The topological polar surface area (TPSA) is 157 Å². The minimum absolute atomic E-state index is 0.0312. The fraction of sp³-hybridized carbons (Fsp3) is 0.739. The number of β-lactam (4-membered cyclic amide) rings is 1. The minimum atomic E-state index is -1.12. The highest BCUT2D eigenvalue weighted by molar-refractivity contribution is 8.03. The molecule has 0 aliphatic carbocycles. The maximum absolute atomic E-state index is 13.0. The van der Waals surface area contributed by atoms with Crippen molar-refractivity contribution in [2.24, 2.45) is 23.5 Å². The zero-order valence-electron chi connectivity index (χ0n) is 20.5. The monoisotopic (exact) mass is 508 g/mol. The molecule has 0 aromatic carbocycles. The second-order valence-corrected chi connectivity index (χ2v) is 11.4. The van der Waals surface area contributed by atoms with Gasteiger partial charge in [0.05, 0.1) is 24.5 Å². The summed E-state index contributed by atoms with van der Waals surface area (Å²) >= 11 is 1.47. The van der Waals surface area contributed by atoms with Crippen LogP contribution in [0.5, 0.6) is 0 Å². The van der Waals surface area contributed by atoms with Gasteiger partial charge in [-0.1, -0.05) is 6.92 Å². The predicted octanol–water partition coefficient (Wildman–Crippen LogP) is -1.25. The molecule has 0 radical (unpaired) electrons. The molecule has 12 heteroatoms. The van der Waals surface area contributed by atoms with Gasteiger partial charge in [-0.3, -0.25) is 14.4 Å². The normalized spacial score (nSPS) is 33.1. The lowest BCUT2D eigenvalue weighted by Crippen LogP contribution is -2.66. The Morgan fingerprint density at radius 2 is 2.09 bits per heavy atom. The van der Waals surface area contributed by atoms with Crippen molar-refractivity contribution in [2.75, 3.05) is 39.8 Å². The van der Waals surface area contributed by atoms with Gasteiger partial charge in [0.15, 0.2) is 0 Å². The van der Waals surface area contributed by atoms with Gasteiger partial charge in [-0.25, -0.2) is 4.79 Å². The molecule has 0 saturated carbocycles. The molecule has 3 saturated heterocycles. The molecule has 0 unspecified atom stereocenters. The zero-order valence-corrected chi connectivity index (χ0v) is 21.3. The van der Waals surface area contributed by atoms with E-state index in [-0.39, 0.29) is 53.2 Å². The molecule has 0 spiro atoms.